The van der Waals surface area contributed by atoms with E-state index in [-0.39, 0.29) is 5.97 Å². The summed E-state index contributed by atoms with van der Waals surface area (Å²) in [4.78, 5) is 15.3. The number of hydrogen-bond acceptors (Lipinski definition) is 4. The second-order valence-corrected chi connectivity index (χ2v) is 7.53. The second kappa shape index (κ2) is 7.47. The van der Waals surface area contributed by atoms with Gasteiger partial charge in [-0.15, -0.1) is 0 Å². The quantitative estimate of drug-likeness (QED) is 0.637. The maximum absolute atomic E-state index is 12.9. The molecule has 0 saturated carbocycles. The van der Waals surface area contributed by atoms with Gasteiger partial charge in [0, 0.05) is 36.3 Å². The Morgan fingerprint density at radius 3 is 2.24 bits per heavy atom. The molecule has 1 saturated heterocycles. The van der Waals surface area contributed by atoms with Crippen molar-refractivity contribution in [3.8, 4) is 0 Å². The summed E-state index contributed by atoms with van der Waals surface area (Å²) in [6, 6.07) is 26.1. The molecule has 4 nitrogen and oxygen atoms in total. The lowest BCUT2D eigenvalue weighted by Crippen LogP contribution is -2.37. The molecular formula is C25H23NO3. The summed E-state index contributed by atoms with van der Waals surface area (Å²) in [6.07, 6.45) is 0. The number of carbonyl (C=O) groups is 1. The number of carbonyl (C=O) groups excluding carboxylic acids is 1. The topological polar surface area (TPSA) is 38.8 Å². The van der Waals surface area contributed by atoms with Crippen molar-refractivity contribution in [2.75, 3.05) is 26.3 Å². The van der Waals surface area contributed by atoms with E-state index in [0.29, 0.717) is 5.56 Å². The Kier molecular flexibility index (Phi) is 4.66. The highest BCUT2D eigenvalue weighted by Crippen LogP contribution is 2.48. The van der Waals surface area contributed by atoms with Gasteiger partial charge in [0.25, 0.3) is 0 Å². The van der Waals surface area contributed by atoms with E-state index in [1.807, 2.05) is 60.7 Å². The number of rotatable bonds is 4. The first-order valence-corrected chi connectivity index (χ1v) is 10.1. The molecule has 29 heavy (non-hydrogen) atoms. The van der Waals surface area contributed by atoms with Gasteiger partial charge in [-0.1, -0.05) is 72.8 Å². The highest BCUT2D eigenvalue weighted by atomic mass is 16.6. The molecule has 0 aromatic heterocycles. The maximum Gasteiger partial charge on any atom is 0.340 e. The largest absolute Gasteiger partial charge is 0.441 e. The fraction of sp³-hybridized carbons (Fsp3) is 0.240. The minimum Gasteiger partial charge on any atom is -0.441 e. The molecule has 0 radical (unpaired) electrons. The first-order valence-electron chi connectivity index (χ1n) is 10.1. The number of fused-ring (bicyclic) bond motifs is 1. The van der Waals surface area contributed by atoms with Crippen molar-refractivity contribution in [2.24, 2.45) is 0 Å². The molecule has 0 bridgehead atoms. The van der Waals surface area contributed by atoms with E-state index in [9.17, 15) is 4.79 Å². The van der Waals surface area contributed by atoms with E-state index in [4.69, 9.17) is 9.47 Å². The number of nitrogens with zero attached hydrogens (tertiary/aromatic N) is 1. The molecule has 5 rings (SSSR count). The van der Waals surface area contributed by atoms with Crippen molar-refractivity contribution < 1.29 is 14.3 Å². The van der Waals surface area contributed by atoms with E-state index >= 15 is 0 Å². The fourth-order valence-electron chi connectivity index (χ4n) is 4.46. The molecular weight excluding hydrogens is 362 g/mol. The molecule has 146 valence electrons. The Morgan fingerprint density at radius 1 is 0.793 bits per heavy atom. The van der Waals surface area contributed by atoms with Gasteiger partial charge in [-0.2, -0.15) is 0 Å². The molecule has 0 N–H and O–H groups in total. The summed E-state index contributed by atoms with van der Waals surface area (Å²) in [5, 5.41) is 0. The van der Waals surface area contributed by atoms with Crippen LogP contribution < -0.4 is 0 Å². The average molecular weight is 385 g/mol. The van der Waals surface area contributed by atoms with Crippen molar-refractivity contribution in [2.45, 2.75) is 12.1 Å². The van der Waals surface area contributed by atoms with Gasteiger partial charge in [0.05, 0.1) is 18.8 Å². The summed E-state index contributed by atoms with van der Waals surface area (Å²) in [6.45, 7) is 4.12. The Morgan fingerprint density at radius 2 is 1.45 bits per heavy atom. The molecule has 0 amide bonds. The van der Waals surface area contributed by atoms with Crippen LogP contribution in [0.15, 0.2) is 78.9 Å². The molecule has 0 spiro atoms. The van der Waals surface area contributed by atoms with Gasteiger partial charge < -0.3 is 9.47 Å². The van der Waals surface area contributed by atoms with Crippen LogP contribution >= 0.6 is 0 Å². The molecule has 1 atom stereocenters. The van der Waals surface area contributed by atoms with Crippen LogP contribution in [0.2, 0.25) is 0 Å². The number of cyclic esters (lactones) is 1. The van der Waals surface area contributed by atoms with Gasteiger partial charge in [-0.25, -0.2) is 4.79 Å². The van der Waals surface area contributed by atoms with Gasteiger partial charge in [0.2, 0.25) is 0 Å². The molecule has 3 aromatic rings. The van der Waals surface area contributed by atoms with Crippen molar-refractivity contribution >= 4 is 5.97 Å². The van der Waals surface area contributed by atoms with Crippen molar-refractivity contribution in [1.82, 2.24) is 4.90 Å². The van der Waals surface area contributed by atoms with Crippen LogP contribution in [0, 0.1) is 0 Å². The molecule has 1 unspecified atom stereocenters. The molecule has 0 aliphatic carbocycles. The highest BCUT2D eigenvalue weighted by Gasteiger charge is 2.49. The van der Waals surface area contributed by atoms with Gasteiger partial charge in [-0.3, -0.25) is 4.90 Å². The third kappa shape index (κ3) is 3.05. The summed E-state index contributed by atoms with van der Waals surface area (Å²) >= 11 is 0. The number of benzene rings is 3. The Bertz CT molecular complexity index is 1030. The monoisotopic (exact) mass is 385 g/mol. The zero-order valence-corrected chi connectivity index (χ0v) is 16.2. The molecule has 4 heteroatoms. The van der Waals surface area contributed by atoms with Crippen molar-refractivity contribution in [3.63, 3.8) is 0 Å². The van der Waals surface area contributed by atoms with E-state index < -0.39 is 5.60 Å². The van der Waals surface area contributed by atoms with Crippen molar-refractivity contribution in [3.05, 3.63) is 107 Å². The van der Waals surface area contributed by atoms with Gasteiger partial charge in [-0.05, 0) is 11.6 Å². The highest BCUT2D eigenvalue weighted by molar-refractivity contribution is 5.96. The fourth-order valence-corrected chi connectivity index (χ4v) is 4.46. The maximum atomic E-state index is 12.9. The SMILES string of the molecule is O=C1OC(c2ccccc2)(c2ccccc2CN2CCOCC2)c2ccccc21. The van der Waals surface area contributed by atoms with Crippen LogP contribution in [0.1, 0.15) is 32.6 Å². The van der Waals surface area contributed by atoms with Crippen LogP contribution in [0.4, 0.5) is 0 Å². The molecule has 2 aliphatic heterocycles. The Balaban J connectivity index is 1.70. The lowest BCUT2D eigenvalue weighted by molar-refractivity contribution is 0.0231. The van der Waals surface area contributed by atoms with Gasteiger partial charge in [0.1, 0.15) is 0 Å². The first-order chi connectivity index (χ1) is 14.3. The molecule has 3 aromatic carbocycles. The molecule has 2 heterocycles. The van der Waals surface area contributed by atoms with Gasteiger partial charge >= 0.3 is 5.97 Å². The Hall–Kier alpha value is -2.95. The van der Waals surface area contributed by atoms with Crippen LogP contribution in [0.25, 0.3) is 0 Å². The summed E-state index contributed by atoms with van der Waals surface area (Å²) in [5.41, 5.74) is 3.77. The minimum atomic E-state index is -0.933. The van der Waals surface area contributed by atoms with E-state index in [1.54, 1.807) is 0 Å². The van der Waals surface area contributed by atoms with Crippen molar-refractivity contribution in [1.29, 1.82) is 0 Å². The lowest BCUT2D eigenvalue weighted by atomic mass is 9.78. The minimum absolute atomic E-state index is 0.273. The van der Waals surface area contributed by atoms with Crippen LogP contribution in [0.5, 0.6) is 0 Å². The number of morpholine rings is 1. The van der Waals surface area contributed by atoms with E-state index in [0.717, 1.165) is 49.5 Å². The number of esters is 1. The predicted molar refractivity (Wildman–Crippen MR) is 111 cm³/mol. The van der Waals surface area contributed by atoms with Crippen LogP contribution in [-0.2, 0) is 21.6 Å². The molecule has 1 fully saturated rings. The third-order valence-corrected chi connectivity index (χ3v) is 5.85. The predicted octanol–water partition coefficient (Wildman–Crippen LogP) is 3.98. The molecule has 2 aliphatic rings. The van der Waals surface area contributed by atoms with Crippen LogP contribution in [0.3, 0.4) is 0 Å². The summed E-state index contributed by atoms with van der Waals surface area (Å²) in [5.74, 6) is -0.273. The second-order valence-electron chi connectivity index (χ2n) is 7.53. The zero-order valence-electron chi connectivity index (χ0n) is 16.2. The Labute approximate surface area is 170 Å². The number of ether oxygens (including phenoxy) is 2. The smallest absolute Gasteiger partial charge is 0.340 e. The standard InChI is InChI=1S/C25H23NO3/c27-24-21-11-5-7-13-23(21)25(29-24,20-9-2-1-3-10-20)22-12-6-4-8-19(22)18-26-14-16-28-17-15-26/h1-13H,14-18H2. The summed E-state index contributed by atoms with van der Waals surface area (Å²) < 4.78 is 11.7. The van der Waals surface area contributed by atoms with Crippen LogP contribution in [-0.4, -0.2) is 37.2 Å². The normalized spacial score (nSPS) is 21.6. The average Bonchev–Trinajstić information content (AvgIpc) is 3.09. The lowest BCUT2D eigenvalue weighted by Gasteiger charge is -2.34. The van der Waals surface area contributed by atoms with E-state index in [1.165, 1.54) is 5.56 Å². The van der Waals surface area contributed by atoms with Gasteiger partial charge in [0.15, 0.2) is 5.60 Å². The summed E-state index contributed by atoms with van der Waals surface area (Å²) in [7, 11) is 0. The number of hydrogen-bond donors (Lipinski definition) is 0. The zero-order chi connectivity index (χ0) is 19.7. The van der Waals surface area contributed by atoms with E-state index in [2.05, 4.69) is 23.1 Å². The third-order valence-electron chi connectivity index (χ3n) is 5.85. The first kappa shape index (κ1) is 18.1.